The number of nitrogens with zero attached hydrogens (tertiary/aromatic N) is 4. The van der Waals surface area contributed by atoms with E-state index in [0.717, 1.165) is 5.56 Å². The van der Waals surface area contributed by atoms with Crippen molar-refractivity contribution in [2.24, 2.45) is 0 Å². The molecule has 0 radical (unpaired) electrons. The molecule has 2 atom stereocenters. The Morgan fingerprint density at radius 3 is 3.00 bits per heavy atom. The molecule has 2 aromatic rings. The van der Waals surface area contributed by atoms with Crippen molar-refractivity contribution < 1.29 is 9.18 Å². The number of halogens is 1. The van der Waals surface area contributed by atoms with Gasteiger partial charge in [0.2, 0.25) is 0 Å². The maximum Gasteiger partial charge on any atom is 0.273 e. The van der Waals surface area contributed by atoms with Crippen LogP contribution in [0.15, 0.2) is 30.5 Å². The molecule has 0 spiro atoms. The largest absolute Gasteiger partial charge is 0.329 e. The molecule has 7 heteroatoms. The fourth-order valence-corrected chi connectivity index (χ4v) is 3.42. The van der Waals surface area contributed by atoms with Crippen molar-refractivity contribution in [3.05, 3.63) is 47.3 Å². The summed E-state index contributed by atoms with van der Waals surface area (Å²) in [6.07, 6.45) is 2.17. The van der Waals surface area contributed by atoms with E-state index in [0.29, 0.717) is 42.2 Å². The molecule has 4 heterocycles. The topological polar surface area (TPSA) is 81.9 Å². The van der Waals surface area contributed by atoms with E-state index in [2.05, 4.69) is 21.4 Å². The molecule has 1 amide bonds. The van der Waals surface area contributed by atoms with Gasteiger partial charge in [-0.05, 0) is 24.6 Å². The highest BCUT2D eigenvalue weighted by atomic mass is 19.1. The van der Waals surface area contributed by atoms with Gasteiger partial charge >= 0.3 is 0 Å². The molecule has 0 aliphatic carbocycles. The standard InChI is InChI=1S/C18H16FN5O/c19-7-13-6-14(9-22-13)24-10-12-1-2-15(23-17(12)18(24)25)16-5-11(8-20)3-4-21-16/h1-5,13-14,22H,6-7,9-10H2/t13-,14+/m0/s1. The highest BCUT2D eigenvalue weighted by molar-refractivity contribution is 5.97. The van der Waals surface area contributed by atoms with E-state index in [1.54, 1.807) is 23.2 Å². The maximum absolute atomic E-state index is 12.8. The van der Waals surface area contributed by atoms with Gasteiger partial charge < -0.3 is 10.2 Å². The number of pyridine rings is 2. The van der Waals surface area contributed by atoms with Crippen molar-refractivity contribution >= 4 is 5.91 Å². The molecule has 4 rings (SSSR count). The molecule has 1 N–H and O–H groups in total. The van der Waals surface area contributed by atoms with E-state index in [-0.39, 0.29) is 18.0 Å². The van der Waals surface area contributed by atoms with Crippen LogP contribution in [0.2, 0.25) is 0 Å². The summed E-state index contributed by atoms with van der Waals surface area (Å²) in [7, 11) is 0. The Bertz CT molecular complexity index is 878. The first-order chi connectivity index (χ1) is 12.2. The van der Waals surface area contributed by atoms with Gasteiger partial charge in [-0.15, -0.1) is 0 Å². The van der Waals surface area contributed by atoms with Gasteiger partial charge in [-0.25, -0.2) is 9.37 Å². The molecule has 126 valence electrons. The van der Waals surface area contributed by atoms with Gasteiger partial charge in [0.05, 0.1) is 23.0 Å². The van der Waals surface area contributed by atoms with Gasteiger partial charge in [-0.2, -0.15) is 5.26 Å². The Labute approximate surface area is 144 Å². The van der Waals surface area contributed by atoms with Crippen LogP contribution in [0.5, 0.6) is 0 Å². The van der Waals surface area contributed by atoms with Crippen molar-refractivity contribution in [1.29, 1.82) is 5.26 Å². The summed E-state index contributed by atoms with van der Waals surface area (Å²) in [6, 6.07) is 8.86. The average molecular weight is 337 g/mol. The van der Waals surface area contributed by atoms with Gasteiger partial charge in [0.1, 0.15) is 12.4 Å². The second-order valence-electron chi connectivity index (χ2n) is 6.33. The van der Waals surface area contributed by atoms with Crippen molar-refractivity contribution in [2.45, 2.75) is 25.0 Å². The van der Waals surface area contributed by atoms with Gasteiger partial charge in [-0.1, -0.05) is 6.07 Å². The lowest BCUT2D eigenvalue weighted by atomic mass is 10.1. The normalized spacial score (nSPS) is 22.1. The van der Waals surface area contributed by atoms with Crippen LogP contribution in [0, 0.1) is 11.3 Å². The zero-order valence-corrected chi connectivity index (χ0v) is 13.4. The molecule has 0 aromatic carbocycles. The van der Waals surface area contributed by atoms with Crippen LogP contribution in [-0.2, 0) is 6.54 Å². The lowest BCUT2D eigenvalue weighted by Crippen LogP contribution is -2.37. The lowest BCUT2D eigenvalue weighted by molar-refractivity contribution is 0.0710. The van der Waals surface area contributed by atoms with Gasteiger partial charge in [0.15, 0.2) is 0 Å². The number of carbonyl (C=O) groups is 1. The number of nitriles is 1. The molecule has 25 heavy (non-hydrogen) atoms. The molecular formula is C18H16FN5O. The first-order valence-electron chi connectivity index (χ1n) is 8.16. The van der Waals surface area contributed by atoms with Crippen LogP contribution in [-0.4, -0.2) is 46.1 Å². The third-order valence-corrected chi connectivity index (χ3v) is 4.76. The molecule has 2 aliphatic rings. The van der Waals surface area contributed by atoms with Crippen LogP contribution < -0.4 is 5.32 Å². The molecular weight excluding hydrogens is 321 g/mol. The minimum Gasteiger partial charge on any atom is -0.329 e. The predicted molar refractivity (Wildman–Crippen MR) is 88.2 cm³/mol. The number of alkyl halides is 1. The van der Waals surface area contributed by atoms with E-state index >= 15 is 0 Å². The Balaban J connectivity index is 1.61. The number of amides is 1. The zero-order valence-electron chi connectivity index (χ0n) is 13.4. The number of hydrogen-bond acceptors (Lipinski definition) is 5. The number of aromatic nitrogens is 2. The smallest absolute Gasteiger partial charge is 0.273 e. The molecule has 2 aliphatic heterocycles. The summed E-state index contributed by atoms with van der Waals surface area (Å²) in [5.41, 5.74) is 2.92. The number of hydrogen-bond donors (Lipinski definition) is 1. The quantitative estimate of drug-likeness (QED) is 0.921. The van der Waals surface area contributed by atoms with Crippen LogP contribution >= 0.6 is 0 Å². The summed E-state index contributed by atoms with van der Waals surface area (Å²) < 4.78 is 12.8. The monoisotopic (exact) mass is 337 g/mol. The Kier molecular flexibility index (Phi) is 3.90. The minimum atomic E-state index is -0.422. The Morgan fingerprint density at radius 1 is 1.36 bits per heavy atom. The van der Waals surface area contributed by atoms with Crippen molar-refractivity contribution in [1.82, 2.24) is 20.2 Å². The third kappa shape index (κ3) is 2.75. The number of fused-ring (bicyclic) bond motifs is 1. The summed E-state index contributed by atoms with van der Waals surface area (Å²) in [5.74, 6) is -0.125. The number of carbonyl (C=O) groups excluding carboxylic acids is 1. The Morgan fingerprint density at radius 2 is 2.24 bits per heavy atom. The first kappa shape index (κ1) is 15.7. The summed E-state index contributed by atoms with van der Waals surface area (Å²) >= 11 is 0. The van der Waals surface area contributed by atoms with E-state index < -0.39 is 6.67 Å². The summed E-state index contributed by atoms with van der Waals surface area (Å²) in [6.45, 7) is 0.681. The fourth-order valence-electron chi connectivity index (χ4n) is 3.42. The predicted octanol–water partition coefficient (Wildman–Crippen LogP) is 1.67. The summed E-state index contributed by atoms with van der Waals surface area (Å²) in [5, 5.41) is 12.1. The maximum atomic E-state index is 12.8. The van der Waals surface area contributed by atoms with E-state index in [1.807, 2.05) is 12.1 Å². The van der Waals surface area contributed by atoms with E-state index in [4.69, 9.17) is 5.26 Å². The fraction of sp³-hybridized carbons (Fsp3) is 0.333. The van der Waals surface area contributed by atoms with Gasteiger partial charge in [0, 0.05) is 36.9 Å². The van der Waals surface area contributed by atoms with Crippen LogP contribution in [0.1, 0.15) is 28.0 Å². The van der Waals surface area contributed by atoms with E-state index in [9.17, 15) is 9.18 Å². The molecule has 1 fully saturated rings. The zero-order chi connectivity index (χ0) is 17.4. The third-order valence-electron chi connectivity index (χ3n) is 4.76. The average Bonchev–Trinajstić information content (AvgIpc) is 3.26. The second-order valence-corrected chi connectivity index (χ2v) is 6.33. The molecule has 0 bridgehead atoms. The van der Waals surface area contributed by atoms with Crippen molar-refractivity contribution in [3.8, 4) is 17.5 Å². The number of nitrogens with one attached hydrogen (secondary N) is 1. The van der Waals surface area contributed by atoms with E-state index in [1.165, 1.54) is 0 Å². The Hall–Kier alpha value is -2.85. The van der Waals surface area contributed by atoms with Crippen molar-refractivity contribution in [2.75, 3.05) is 13.2 Å². The minimum absolute atomic E-state index is 0.00839. The van der Waals surface area contributed by atoms with Gasteiger partial charge in [-0.3, -0.25) is 9.78 Å². The van der Waals surface area contributed by atoms with Crippen molar-refractivity contribution in [3.63, 3.8) is 0 Å². The SMILES string of the molecule is N#Cc1ccnc(-c2ccc3c(n2)C(=O)N([C@H]2CN[C@H](CF)C2)C3)c1. The second kappa shape index (κ2) is 6.22. The van der Waals surface area contributed by atoms with Crippen LogP contribution in [0.25, 0.3) is 11.4 Å². The van der Waals surface area contributed by atoms with Crippen LogP contribution in [0.4, 0.5) is 4.39 Å². The lowest BCUT2D eigenvalue weighted by Gasteiger charge is -2.22. The molecule has 0 unspecified atom stereocenters. The highest BCUT2D eigenvalue weighted by Gasteiger charge is 2.37. The molecule has 6 nitrogen and oxygen atoms in total. The molecule has 1 saturated heterocycles. The van der Waals surface area contributed by atoms with Crippen LogP contribution in [0.3, 0.4) is 0 Å². The highest BCUT2D eigenvalue weighted by Crippen LogP contribution is 2.28. The first-order valence-corrected chi connectivity index (χ1v) is 8.16. The molecule has 2 aromatic heterocycles. The number of rotatable bonds is 3. The van der Waals surface area contributed by atoms with Gasteiger partial charge in [0.25, 0.3) is 5.91 Å². The summed E-state index contributed by atoms with van der Waals surface area (Å²) in [4.78, 5) is 23.2. The molecule has 0 saturated carbocycles.